The van der Waals surface area contributed by atoms with Crippen LogP contribution in [0.4, 0.5) is 5.69 Å². The molecule has 1 amide bonds. The van der Waals surface area contributed by atoms with E-state index >= 15 is 0 Å². The number of thiophene rings is 1. The van der Waals surface area contributed by atoms with Gasteiger partial charge in [0.05, 0.1) is 0 Å². The van der Waals surface area contributed by atoms with Crippen molar-refractivity contribution in [1.29, 1.82) is 0 Å². The minimum absolute atomic E-state index is 0.367. The summed E-state index contributed by atoms with van der Waals surface area (Å²) < 4.78 is 5.17. The molecule has 0 aliphatic heterocycles. The van der Waals surface area contributed by atoms with Crippen LogP contribution in [0.15, 0.2) is 60.7 Å². The summed E-state index contributed by atoms with van der Waals surface area (Å²) in [6.07, 6.45) is 2.14. The molecule has 3 aromatic rings. The molecule has 0 aliphatic rings. The number of rotatable bonds is 5. The SMILES string of the molecule is Cc1ccc(/C=C/C(=O)OC(C)C(=O)Nc2ccc3ccccc3c2)s1. The number of aryl methyl sites for hydroxylation is 1. The van der Waals surface area contributed by atoms with Crippen LogP contribution < -0.4 is 5.32 Å². The summed E-state index contributed by atoms with van der Waals surface area (Å²) >= 11 is 1.58. The summed E-state index contributed by atoms with van der Waals surface area (Å²) in [5.74, 6) is -0.911. The molecule has 0 saturated carbocycles. The van der Waals surface area contributed by atoms with E-state index in [1.165, 1.54) is 11.0 Å². The lowest BCUT2D eigenvalue weighted by Crippen LogP contribution is -2.29. The van der Waals surface area contributed by atoms with E-state index in [0.29, 0.717) is 5.69 Å². The van der Waals surface area contributed by atoms with Crippen molar-refractivity contribution in [2.45, 2.75) is 20.0 Å². The van der Waals surface area contributed by atoms with Crippen LogP contribution in [0, 0.1) is 6.92 Å². The molecule has 1 heterocycles. The van der Waals surface area contributed by atoms with Gasteiger partial charge in [-0.25, -0.2) is 4.79 Å². The highest BCUT2D eigenvalue weighted by molar-refractivity contribution is 7.12. The summed E-state index contributed by atoms with van der Waals surface area (Å²) in [6, 6.07) is 17.5. The maximum atomic E-state index is 12.3. The van der Waals surface area contributed by atoms with Crippen LogP contribution in [0.3, 0.4) is 0 Å². The second-order valence-corrected chi connectivity index (χ2v) is 7.23. The van der Waals surface area contributed by atoms with E-state index < -0.39 is 12.1 Å². The smallest absolute Gasteiger partial charge is 0.331 e. The van der Waals surface area contributed by atoms with Crippen molar-refractivity contribution >= 4 is 45.7 Å². The standard InChI is InChI=1S/C21H19NO3S/c1-14-7-10-19(26-14)11-12-20(23)25-15(2)21(24)22-18-9-8-16-5-3-4-6-17(16)13-18/h3-13,15H,1-2H3,(H,22,24)/b12-11+. The summed E-state index contributed by atoms with van der Waals surface area (Å²) in [4.78, 5) is 26.3. The minimum Gasteiger partial charge on any atom is -0.449 e. The van der Waals surface area contributed by atoms with Gasteiger partial charge in [-0.1, -0.05) is 30.3 Å². The molecule has 3 rings (SSSR count). The van der Waals surface area contributed by atoms with Gasteiger partial charge in [-0.3, -0.25) is 4.79 Å². The molecule has 1 aromatic heterocycles. The summed E-state index contributed by atoms with van der Waals surface area (Å²) in [6.45, 7) is 3.55. The predicted octanol–water partition coefficient (Wildman–Crippen LogP) is 4.79. The Balaban J connectivity index is 1.58. The van der Waals surface area contributed by atoms with Gasteiger partial charge in [0.15, 0.2) is 6.10 Å². The maximum Gasteiger partial charge on any atom is 0.331 e. The molecule has 2 aromatic carbocycles. The molecule has 0 spiro atoms. The fourth-order valence-electron chi connectivity index (χ4n) is 2.47. The van der Waals surface area contributed by atoms with Crippen molar-refractivity contribution in [3.63, 3.8) is 0 Å². The molecule has 1 atom stereocenters. The molecule has 26 heavy (non-hydrogen) atoms. The number of benzene rings is 2. The van der Waals surface area contributed by atoms with E-state index in [4.69, 9.17) is 4.74 Å². The molecule has 0 aliphatic carbocycles. The van der Waals surface area contributed by atoms with Gasteiger partial charge >= 0.3 is 5.97 Å². The van der Waals surface area contributed by atoms with Crippen LogP contribution in [0.5, 0.6) is 0 Å². The van der Waals surface area contributed by atoms with Crippen molar-refractivity contribution in [1.82, 2.24) is 0 Å². The van der Waals surface area contributed by atoms with E-state index in [2.05, 4.69) is 5.32 Å². The quantitative estimate of drug-likeness (QED) is 0.522. The Labute approximate surface area is 156 Å². The highest BCUT2D eigenvalue weighted by Crippen LogP contribution is 2.19. The third kappa shape index (κ3) is 4.58. The lowest BCUT2D eigenvalue weighted by atomic mass is 10.1. The fourth-order valence-corrected chi connectivity index (χ4v) is 3.25. The Morgan fingerprint density at radius 3 is 2.58 bits per heavy atom. The first-order chi connectivity index (χ1) is 12.5. The number of anilines is 1. The highest BCUT2D eigenvalue weighted by atomic mass is 32.1. The number of amides is 1. The molecular weight excluding hydrogens is 346 g/mol. The highest BCUT2D eigenvalue weighted by Gasteiger charge is 2.16. The molecule has 1 unspecified atom stereocenters. The van der Waals surface area contributed by atoms with Gasteiger partial charge in [0, 0.05) is 21.5 Å². The predicted molar refractivity (Wildman–Crippen MR) is 106 cm³/mol. The Bertz CT molecular complexity index is 974. The largest absolute Gasteiger partial charge is 0.449 e. The molecule has 0 fully saturated rings. The molecular formula is C21H19NO3S. The van der Waals surface area contributed by atoms with Crippen molar-refractivity contribution in [2.75, 3.05) is 5.32 Å². The van der Waals surface area contributed by atoms with Crippen molar-refractivity contribution in [3.05, 3.63) is 70.4 Å². The van der Waals surface area contributed by atoms with Crippen LogP contribution >= 0.6 is 11.3 Å². The van der Waals surface area contributed by atoms with Crippen LogP contribution in [0.2, 0.25) is 0 Å². The van der Waals surface area contributed by atoms with Gasteiger partial charge in [0.25, 0.3) is 5.91 Å². The summed E-state index contributed by atoms with van der Waals surface area (Å²) in [7, 11) is 0. The Morgan fingerprint density at radius 2 is 1.85 bits per heavy atom. The molecule has 5 heteroatoms. The molecule has 0 saturated heterocycles. The number of carbonyl (C=O) groups excluding carboxylic acids is 2. The fraction of sp³-hybridized carbons (Fsp3) is 0.143. The molecule has 132 valence electrons. The Kier molecular flexibility index (Phi) is 5.49. The van der Waals surface area contributed by atoms with Gasteiger partial charge in [0.2, 0.25) is 0 Å². The topological polar surface area (TPSA) is 55.4 Å². The number of fused-ring (bicyclic) bond motifs is 1. The lowest BCUT2D eigenvalue weighted by Gasteiger charge is -2.12. The third-order valence-electron chi connectivity index (χ3n) is 3.82. The van der Waals surface area contributed by atoms with Crippen LogP contribution in [-0.4, -0.2) is 18.0 Å². The average Bonchev–Trinajstić information content (AvgIpc) is 3.05. The number of hydrogen-bond donors (Lipinski definition) is 1. The van der Waals surface area contributed by atoms with E-state index in [9.17, 15) is 9.59 Å². The number of esters is 1. The van der Waals surface area contributed by atoms with Crippen molar-refractivity contribution < 1.29 is 14.3 Å². The van der Waals surface area contributed by atoms with E-state index in [0.717, 1.165) is 15.6 Å². The second kappa shape index (κ2) is 7.97. The van der Waals surface area contributed by atoms with Crippen LogP contribution in [0.25, 0.3) is 16.8 Å². The number of carbonyl (C=O) groups is 2. The number of nitrogens with one attached hydrogen (secondary N) is 1. The summed E-state index contributed by atoms with van der Waals surface area (Å²) in [5, 5.41) is 4.91. The summed E-state index contributed by atoms with van der Waals surface area (Å²) in [5.41, 5.74) is 0.668. The van der Waals surface area contributed by atoms with Gasteiger partial charge < -0.3 is 10.1 Å². The normalized spacial score (nSPS) is 12.2. The zero-order valence-corrected chi connectivity index (χ0v) is 15.4. The molecule has 0 radical (unpaired) electrons. The van der Waals surface area contributed by atoms with E-state index in [1.807, 2.05) is 61.5 Å². The van der Waals surface area contributed by atoms with Gasteiger partial charge in [-0.2, -0.15) is 0 Å². The maximum absolute atomic E-state index is 12.3. The first-order valence-corrected chi connectivity index (χ1v) is 9.08. The Hall–Kier alpha value is -2.92. The van der Waals surface area contributed by atoms with Crippen molar-refractivity contribution in [2.24, 2.45) is 0 Å². The average molecular weight is 365 g/mol. The lowest BCUT2D eigenvalue weighted by molar-refractivity contribution is -0.148. The first kappa shape index (κ1) is 17.9. The molecule has 1 N–H and O–H groups in total. The second-order valence-electron chi connectivity index (χ2n) is 5.91. The van der Waals surface area contributed by atoms with Gasteiger partial charge in [-0.05, 0) is 55.0 Å². The van der Waals surface area contributed by atoms with Crippen LogP contribution in [0.1, 0.15) is 16.7 Å². The number of ether oxygens (including phenoxy) is 1. The van der Waals surface area contributed by atoms with Gasteiger partial charge in [-0.15, -0.1) is 11.3 Å². The number of hydrogen-bond acceptors (Lipinski definition) is 4. The monoisotopic (exact) mass is 365 g/mol. The zero-order valence-electron chi connectivity index (χ0n) is 14.6. The minimum atomic E-state index is -0.885. The molecule has 0 bridgehead atoms. The zero-order chi connectivity index (χ0) is 18.5. The Morgan fingerprint density at radius 1 is 1.08 bits per heavy atom. The third-order valence-corrected chi connectivity index (χ3v) is 4.79. The van der Waals surface area contributed by atoms with Crippen LogP contribution in [-0.2, 0) is 14.3 Å². The first-order valence-electron chi connectivity index (χ1n) is 8.26. The molecule has 4 nitrogen and oxygen atoms in total. The van der Waals surface area contributed by atoms with Gasteiger partial charge in [0.1, 0.15) is 0 Å². The van der Waals surface area contributed by atoms with E-state index in [-0.39, 0.29) is 5.91 Å². The van der Waals surface area contributed by atoms with Crippen molar-refractivity contribution in [3.8, 4) is 0 Å². The van der Waals surface area contributed by atoms with E-state index in [1.54, 1.807) is 24.3 Å².